The Morgan fingerprint density at radius 3 is 1.57 bits per heavy atom. The molecule has 1 aliphatic heterocycles. The lowest BCUT2D eigenvalue weighted by Crippen LogP contribution is -2.24. The zero-order valence-corrected chi connectivity index (χ0v) is 24.3. The van der Waals surface area contributed by atoms with Gasteiger partial charge in [-0.3, -0.25) is 9.59 Å². The van der Waals surface area contributed by atoms with E-state index in [-0.39, 0.29) is 11.8 Å². The van der Waals surface area contributed by atoms with Gasteiger partial charge in [0.25, 0.3) is 11.8 Å². The Kier molecular flexibility index (Phi) is 7.83. The third-order valence-corrected chi connectivity index (χ3v) is 8.84. The molecule has 2 amide bonds. The van der Waals surface area contributed by atoms with E-state index in [0.29, 0.717) is 33.8 Å². The number of methoxy groups -OCH3 is 1. The summed E-state index contributed by atoms with van der Waals surface area (Å²) in [5.41, 5.74) is 8.67. The van der Waals surface area contributed by atoms with Gasteiger partial charge in [0.2, 0.25) is 0 Å². The summed E-state index contributed by atoms with van der Waals surface area (Å²) >= 11 is 4.72. The number of rotatable bonds is 1. The number of esters is 1. The van der Waals surface area contributed by atoms with Gasteiger partial charge in [-0.05, 0) is 86.9 Å². The van der Waals surface area contributed by atoms with Crippen LogP contribution < -0.4 is 16.4 Å². The highest BCUT2D eigenvalue weighted by atomic mass is 32.1. The number of anilines is 3. The van der Waals surface area contributed by atoms with Crippen molar-refractivity contribution in [3.8, 4) is 0 Å². The molecule has 0 fully saturated rings. The molecule has 4 heterocycles. The molecule has 3 aromatic heterocycles. The van der Waals surface area contributed by atoms with Crippen molar-refractivity contribution in [2.75, 3.05) is 23.5 Å². The quantitative estimate of drug-likeness (QED) is 0.133. The van der Waals surface area contributed by atoms with E-state index < -0.39 is 5.97 Å². The Morgan fingerprint density at radius 1 is 0.700 bits per heavy atom. The molecule has 0 atom stereocenters. The molecule has 0 aliphatic carbocycles. The molecule has 3 aromatic carbocycles. The van der Waals surface area contributed by atoms with Gasteiger partial charge in [0.05, 0.1) is 35.2 Å². The first-order chi connectivity index (χ1) is 19.4. The summed E-state index contributed by atoms with van der Waals surface area (Å²) in [6, 6.07) is 16.9. The summed E-state index contributed by atoms with van der Waals surface area (Å²) in [6.07, 6.45) is 0. The molecule has 40 heavy (non-hydrogen) atoms. The molecule has 7 nitrogen and oxygen atoms in total. The van der Waals surface area contributed by atoms with Gasteiger partial charge in [0, 0.05) is 19.8 Å². The van der Waals surface area contributed by atoms with Gasteiger partial charge >= 0.3 is 5.97 Å². The van der Waals surface area contributed by atoms with Crippen LogP contribution in [0.2, 0.25) is 0 Å². The first-order valence-corrected chi connectivity index (χ1v) is 15.1. The number of thiophene rings is 3. The van der Waals surface area contributed by atoms with Gasteiger partial charge < -0.3 is 21.1 Å². The van der Waals surface area contributed by atoms with Crippen molar-refractivity contribution < 1.29 is 19.1 Å². The van der Waals surface area contributed by atoms with E-state index in [2.05, 4.69) is 15.4 Å². The molecule has 1 aliphatic rings. The van der Waals surface area contributed by atoms with E-state index in [9.17, 15) is 14.4 Å². The Bertz CT molecular complexity index is 1810. The second-order valence-electron chi connectivity index (χ2n) is 8.51. The van der Waals surface area contributed by atoms with Crippen molar-refractivity contribution in [2.45, 2.75) is 13.8 Å². The SMILES string of the molecule is CC.COC(=O)c1cc2sccc2cc1N.O=C1Nc2cc3ccsc3cc2C(=O)Nc2cc3ccsc3cc21. The van der Waals surface area contributed by atoms with Crippen LogP contribution in [0.4, 0.5) is 17.1 Å². The van der Waals surface area contributed by atoms with Gasteiger partial charge in [-0.2, -0.15) is 0 Å². The molecule has 0 radical (unpaired) electrons. The first kappa shape index (κ1) is 27.3. The maximum atomic E-state index is 12.7. The summed E-state index contributed by atoms with van der Waals surface area (Å²) < 4.78 is 7.71. The number of amides is 2. The molecule has 0 bridgehead atoms. The van der Waals surface area contributed by atoms with E-state index >= 15 is 0 Å². The van der Waals surface area contributed by atoms with Crippen LogP contribution in [-0.2, 0) is 4.74 Å². The maximum absolute atomic E-state index is 12.7. The number of carbonyl (C=O) groups is 3. The molecule has 6 aromatic rings. The summed E-state index contributed by atoms with van der Waals surface area (Å²) in [5.74, 6) is -0.815. The number of ether oxygens (including phenoxy) is 1. The van der Waals surface area contributed by atoms with Crippen LogP contribution in [0.3, 0.4) is 0 Å². The molecule has 0 spiro atoms. The topological polar surface area (TPSA) is 111 Å². The fraction of sp³-hybridized carbons (Fsp3) is 0.100. The molecule has 0 saturated heterocycles. The van der Waals surface area contributed by atoms with Crippen LogP contribution in [0.25, 0.3) is 30.3 Å². The average Bonchev–Trinajstić information content (AvgIpc) is 3.72. The van der Waals surface area contributed by atoms with Crippen LogP contribution >= 0.6 is 34.0 Å². The van der Waals surface area contributed by atoms with Crippen LogP contribution in [0, 0.1) is 0 Å². The van der Waals surface area contributed by atoms with E-state index in [1.165, 1.54) is 7.11 Å². The van der Waals surface area contributed by atoms with Crippen molar-refractivity contribution >= 4 is 99.1 Å². The summed E-state index contributed by atoms with van der Waals surface area (Å²) in [4.78, 5) is 36.7. The fourth-order valence-corrected chi connectivity index (χ4v) is 6.73. The minimum absolute atomic E-state index is 0.212. The summed E-state index contributed by atoms with van der Waals surface area (Å²) in [5, 5.41) is 14.8. The largest absolute Gasteiger partial charge is 0.465 e. The van der Waals surface area contributed by atoms with Gasteiger partial charge in [-0.1, -0.05) is 13.8 Å². The van der Waals surface area contributed by atoms with Gasteiger partial charge in [0.15, 0.2) is 0 Å². The lowest BCUT2D eigenvalue weighted by atomic mass is 10.0. The number of hydrogen-bond donors (Lipinski definition) is 3. The highest BCUT2D eigenvalue weighted by Crippen LogP contribution is 2.34. The molecule has 10 heteroatoms. The van der Waals surface area contributed by atoms with Crippen molar-refractivity contribution in [1.29, 1.82) is 0 Å². The summed E-state index contributed by atoms with van der Waals surface area (Å²) in [7, 11) is 1.35. The Balaban J connectivity index is 0.000000173. The predicted molar refractivity (Wildman–Crippen MR) is 168 cm³/mol. The predicted octanol–water partition coefficient (Wildman–Crippen LogP) is 8.23. The van der Waals surface area contributed by atoms with Crippen molar-refractivity contribution in [2.24, 2.45) is 0 Å². The van der Waals surface area contributed by atoms with Crippen LogP contribution in [0.1, 0.15) is 44.9 Å². The van der Waals surface area contributed by atoms with Gasteiger partial charge in [-0.25, -0.2) is 4.79 Å². The lowest BCUT2D eigenvalue weighted by molar-refractivity contribution is 0.0602. The lowest BCUT2D eigenvalue weighted by Gasteiger charge is -2.18. The molecule has 7 rings (SSSR count). The Hall–Kier alpha value is -4.25. The minimum atomic E-state index is -0.391. The van der Waals surface area contributed by atoms with Crippen LogP contribution in [-0.4, -0.2) is 24.9 Å². The number of nitrogens with one attached hydrogen (secondary N) is 2. The molecule has 0 saturated carbocycles. The Labute approximate surface area is 242 Å². The van der Waals surface area contributed by atoms with Crippen molar-refractivity contribution in [3.63, 3.8) is 0 Å². The third kappa shape index (κ3) is 5.16. The molecule has 4 N–H and O–H groups in total. The maximum Gasteiger partial charge on any atom is 0.340 e. The third-order valence-electron chi connectivity index (χ3n) is 6.20. The number of nitrogen functional groups attached to an aromatic ring is 1. The highest BCUT2D eigenvalue weighted by molar-refractivity contribution is 7.17. The van der Waals surface area contributed by atoms with Crippen molar-refractivity contribution in [1.82, 2.24) is 0 Å². The Morgan fingerprint density at radius 2 is 1.12 bits per heavy atom. The molecular weight excluding hydrogens is 563 g/mol. The van der Waals surface area contributed by atoms with Gasteiger partial charge in [-0.15, -0.1) is 34.0 Å². The average molecular weight is 588 g/mol. The second-order valence-corrected chi connectivity index (χ2v) is 11.4. The highest BCUT2D eigenvalue weighted by Gasteiger charge is 2.23. The minimum Gasteiger partial charge on any atom is -0.465 e. The molecule has 0 unspecified atom stereocenters. The van der Waals surface area contributed by atoms with E-state index in [4.69, 9.17) is 5.73 Å². The van der Waals surface area contributed by atoms with Crippen LogP contribution in [0.5, 0.6) is 0 Å². The van der Waals surface area contributed by atoms with E-state index in [0.717, 1.165) is 30.3 Å². The zero-order chi connectivity index (χ0) is 28.4. The smallest absolute Gasteiger partial charge is 0.340 e. The molecule has 202 valence electrons. The van der Waals surface area contributed by atoms with E-state index in [1.54, 1.807) is 46.1 Å². The monoisotopic (exact) mass is 587 g/mol. The van der Waals surface area contributed by atoms with Crippen LogP contribution in [0.15, 0.2) is 70.7 Å². The second kappa shape index (κ2) is 11.5. The standard InChI is InChI=1S/C18H10N2O2S2.C10H9NO2S.C2H6/c21-17-11-7-15-9(1-3-23-15)5-13(11)19-18(22)12-8-16-10(2-4-24-16)6-14(12)20-17;1-13-10(12)7-5-9-6(2-3-14-9)4-8(7)11;1-2/h1-8H,(H,19,22)(H,20,21);2-5H,11H2,1H3;1-2H3. The number of hydrogen-bond acceptors (Lipinski definition) is 8. The number of nitrogens with two attached hydrogens (primary N) is 1. The van der Waals surface area contributed by atoms with Gasteiger partial charge in [0.1, 0.15) is 0 Å². The number of carbonyl (C=O) groups excluding carboxylic acids is 3. The summed E-state index contributed by atoms with van der Waals surface area (Å²) in [6.45, 7) is 4.00. The first-order valence-electron chi connectivity index (χ1n) is 12.4. The number of benzene rings is 3. The molecular formula is C30H25N3O4S3. The van der Waals surface area contributed by atoms with E-state index in [1.807, 2.05) is 72.5 Å². The number of fused-ring (bicyclic) bond motifs is 5. The fourth-order valence-electron chi connectivity index (χ4n) is 4.29. The van der Waals surface area contributed by atoms with Crippen molar-refractivity contribution in [3.05, 3.63) is 87.4 Å². The zero-order valence-electron chi connectivity index (χ0n) is 21.9. The normalized spacial score (nSPS) is 12.1.